The van der Waals surface area contributed by atoms with Crippen molar-refractivity contribution in [1.82, 2.24) is 0 Å². The first kappa shape index (κ1) is 50.0. The van der Waals surface area contributed by atoms with Gasteiger partial charge in [0.25, 0.3) is 0 Å². The molecule has 2 unspecified atom stereocenters. The van der Waals surface area contributed by atoms with Gasteiger partial charge in [-0.05, 0) is 77.0 Å². The number of allylic oxidation sites excluding steroid dienone is 10. The third-order valence-corrected chi connectivity index (χ3v) is 8.89. The summed E-state index contributed by atoms with van der Waals surface area (Å²) in [6.07, 6.45) is 42.7. The van der Waals surface area contributed by atoms with Crippen molar-refractivity contribution < 1.29 is 38.2 Å². The monoisotopic (exact) mass is 745 g/mol. The normalized spacial score (nSPS) is 13.6. The Morgan fingerprint density at radius 2 is 1.02 bits per heavy atom. The van der Waals surface area contributed by atoms with Gasteiger partial charge in [-0.15, -0.1) is 0 Å². The molecule has 0 fully saturated rings. The summed E-state index contributed by atoms with van der Waals surface area (Å²) in [6.45, 7) is 4.60. The third-order valence-electron chi connectivity index (χ3n) is 8.89. The molecule has 0 bridgehead atoms. The van der Waals surface area contributed by atoms with Gasteiger partial charge in [0.05, 0.1) is 34.4 Å². The second kappa shape index (κ2) is 36.0. The van der Waals surface area contributed by atoms with Crippen molar-refractivity contribution in [3.05, 3.63) is 60.8 Å². The van der Waals surface area contributed by atoms with Gasteiger partial charge in [-0.3, -0.25) is 9.59 Å². The summed E-state index contributed by atoms with van der Waals surface area (Å²) in [5.74, 6) is -1.56. The van der Waals surface area contributed by atoms with Crippen molar-refractivity contribution in [2.75, 3.05) is 41.0 Å². The largest absolute Gasteiger partial charge is 0.477 e. The quantitative estimate of drug-likeness (QED) is 0.0295. The number of unbranched alkanes of at least 4 members (excludes halogenated alkanes) is 12. The highest BCUT2D eigenvalue weighted by atomic mass is 16.6. The van der Waals surface area contributed by atoms with Crippen LogP contribution in [0.1, 0.15) is 155 Å². The number of aliphatic carboxylic acids is 1. The average molecular weight is 745 g/mol. The fraction of sp³-hybridized carbons (Fsp3) is 0.711. The van der Waals surface area contributed by atoms with Crippen LogP contribution in [0.5, 0.6) is 0 Å². The van der Waals surface area contributed by atoms with Crippen molar-refractivity contribution in [3.8, 4) is 0 Å². The van der Waals surface area contributed by atoms with E-state index in [4.69, 9.17) is 14.2 Å². The number of likely N-dealkylation sites (N-methyl/N-ethyl adjacent to an activating group) is 1. The maximum absolute atomic E-state index is 12.7. The summed E-state index contributed by atoms with van der Waals surface area (Å²) in [5.41, 5.74) is 0. The van der Waals surface area contributed by atoms with E-state index in [1.54, 1.807) is 0 Å². The fourth-order valence-corrected chi connectivity index (χ4v) is 5.61. The van der Waals surface area contributed by atoms with Crippen molar-refractivity contribution >= 4 is 17.9 Å². The van der Waals surface area contributed by atoms with Crippen molar-refractivity contribution in [2.45, 2.75) is 167 Å². The van der Waals surface area contributed by atoms with Gasteiger partial charge in [0.1, 0.15) is 6.61 Å². The van der Waals surface area contributed by atoms with E-state index in [1.165, 1.54) is 57.8 Å². The summed E-state index contributed by atoms with van der Waals surface area (Å²) < 4.78 is 17.2. The Labute approximate surface area is 324 Å². The molecule has 0 saturated heterocycles. The first-order valence-electron chi connectivity index (χ1n) is 20.8. The molecule has 0 rings (SSSR count). The Morgan fingerprint density at radius 3 is 1.55 bits per heavy atom. The van der Waals surface area contributed by atoms with Crippen LogP contribution in [0.3, 0.4) is 0 Å². The summed E-state index contributed by atoms with van der Waals surface area (Å²) >= 11 is 0. The van der Waals surface area contributed by atoms with Crippen molar-refractivity contribution in [1.29, 1.82) is 0 Å². The Balaban J connectivity index is 4.49. The number of carbonyl (C=O) groups excluding carboxylic acids is 2. The maximum atomic E-state index is 12.7. The molecule has 0 spiro atoms. The number of nitrogens with zero attached hydrogens (tertiary/aromatic N) is 1. The van der Waals surface area contributed by atoms with E-state index in [0.717, 1.165) is 57.8 Å². The van der Waals surface area contributed by atoms with Crippen LogP contribution in [0.15, 0.2) is 60.8 Å². The highest BCUT2D eigenvalue weighted by Gasteiger charge is 2.31. The molecule has 0 aliphatic heterocycles. The molecule has 0 aliphatic rings. The van der Waals surface area contributed by atoms with Crippen LogP contribution >= 0.6 is 0 Å². The molecule has 0 aromatic carbocycles. The smallest absolute Gasteiger partial charge is 0.362 e. The predicted octanol–water partition coefficient (Wildman–Crippen LogP) is 11.0. The summed E-state index contributed by atoms with van der Waals surface area (Å²) in [7, 11) is 5.50. The lowest BCUT2D eigenvalue weighted by atomic mass is 10.1. The number of ether oxygens (including phenoxy) is 3. The maximum Gasteiger partial charge on any atom is 0.362 e. The molecule has 0 heterocycles. The van der Waals surface area contributed by atoms with Crippen LogP contribution in [0.2, 0.25) is 0 Å². The van der Waals surface area contributed by atoms with E-state index in [1.807, 2.05) is 21.1 Å². The lowest BCUT2D eigenvalue weighted by Gasteiger charge is -2.31. The Bertz CT molecular complexity index is 1050. The van der Waals surface area contributed by atoms with E-state index < -0.39 is 18.1 Å². The SMILES string of the molecule is CCCCC/C=C/C/C=C/C/C=C/C/C=C/CCCC(=O)OCC(COCCC(C(=O)O)[N+](C)(C)C)OC(=O)CCCCCCC/C=C/CCCCC. The zero-order chi connectivity index (χ0) is 39.3. The van der Waals surface area contributed by atoms with Crippen LogP contribution in [-0.2, 0) is 28.6 Å². The minimum Gasteiger partial charge on any atom is -0.477 e. The van der Waals surface area contributed by atoms with Crippen LogP contribution in [-0.4, -0.2) is 80.6 Å². The highest BCUT2D eigenvalue weighted by Crippen LogP contribution is 2.12. The van der Waals surface area contributed by atoms with E-state index in [9.17, 15) is 19.5 Å². The average Bonchev–Trinajstić information content (AvgIpc) is 3.11. The third kappa shape index (κ3) is 34.5. The van der Waals surface area contributed by atoms with Gasteiger partial charge in [-0.1, -0.05) is 120 Å². The van der Waals surface area contributed by atoms with Gasteiger partial charge in [0.2, 0.25) is 0 Å². The van der Waals surface area contributed by atoms with Crippen LogP contribution in [0.4, 0.5) is 0 Å². The molecule has 53 heavy (non-hydrogen) atoms. The van der Waals surface area contributed by atoms with Crippen molar-refractivity contribution in [3.63, 3.8) is 0 Å². The van der Waals surface area contributed by atoms with Gasteiger partial charge in [-0.25, -0.2) is 4.79 Å². The number of carboxylic acids is 1. The van der Waals surface area contributed by atoms with E-state index in [-0.39, 0.29) is 42.7 Å². The van der Waals surface area contributed by atoms with Gasteiger partial charge < -0.3 is 23.8 Å². The van der Waals surface area contributed by atoms with Gasteiger partial charge >= 0.3 is 17.9 Å². The summed E-state index contributed by atoms with van der Waals surface area (Å²) in [6, 6.07) is -0.625. The molecule has 0 aromatic heterocycles. The number of quaternary nitrogens is 1. The molecular formula is C45H78NO7+. The Morgan fingerprint density at radius 1 is 0.566 bits per heavy atom. The first-order chi connectivity index (χ1) is 25.6. The lowest BCUT2D eigenvalue weighted by molar-refractivity contribution is -0.887. The van der Waals surface area contributed by atoms with Gasteiger partial charge in [0, 0.05) is 19.3 Å². The van der Waals surface area contributed by atoms with Crippen LogP contribution < -0.4 is 0 Å². The lowest BCUT2D eigenvalue weighted by Crippen LogP contribution is -2.50. The van der Waals surface area contributed by atoms with Crippen LogP contribution in [0, 0.1) is 0 Å². The zero-order valence-corrected chi connectivity index (χ0v) is 34.4. The van der Waals surface area contributed by atoms with E-state index >= 15 is 0 Å². The second-order valence-corrected chi connectivity index (χ2v) is 14.9. The minimum absolute atomic E-state index is 0.0384. The molecule has 8 nitrogen and oxygen atoms in total. The number of esters is 2. The first-order valence-corrected chi connectivity index (χ1v) is 20.8. The highest BCUT2D eigenvalue weighted by molar-refractivity contribution is 5.72. The summed E-state index contributed by atoms with van der Waals surface area (Å²) in [5, 5.41) is 9.60. The number of hydrogen-bond donors (Lipinski definition) is 1. The molecule has 0 radical (unpaired) electrons. The topological polar surface area (TPSA) is 99.1 Å². The predicted molar refractivity (Wildman–Crippen MR) is 220 cm³/mol. The van der Waals surface area contributed by atoms with Gasteiger partial charge in [-0.2, -0.15) is 0 Å². The molecule has 0 aromatic rings. The van der Waals surface area contributed by atoms with Crippen molar-refractivity contribution in [2.24, 2.45) is 0 Å². The molecule has 8 heteroatoms. The Kier molecular flexibility index (Phi) is 34.0. The minimum atomic E-state index is -0.886. The van der Waals surface area contributed by atoms with Gasteiger partial charge in [0.15, 0.2) is 12.1 Å². The second-order valence-electron chi connectivity index (χ2n) is 14.9. The number of carbonyl (C=O) groups is 3. The fourth-order valence-electron chi connectivity index (χ4n) is 5.61. The molecule has 304 valence electrons. The van der Waals surface area contributed by atoms with Crippen LogP contribution in [0.25, 0.3) is 0 Å². The Hall–Kier alpha value is -2.97. The van der Waals surface area contributed by atoms with E-state index in [2.05, 4.69) is 74.6 Å². The molecule has 0 amide bonds. The molecule has 0 saturated carbocycles. The molecular weight excluding hydrogens is 666 g/mol. The number of rotatable bonds is 36. The molecule has 2 atom stereocenters. The molecule has 1 N–H and O–H groups in total. The number of carboxylic acid groups (broad SMARTS) is 1. The molecule has 0 aliphatic carbocycles. The zero-order valence-electron chi connectivity index (χ0n) is 34.4. The summed E-state index contributed by atoms with van der Waals surface area (Å²) in [4.78, 5) is 36.8. The van der Waals surface area contributed by atoms with E-state index in [0.29, 0.717) is 19.3 Å². The standard InChI is InChI=1S/C45H77NO7/c1-6-8-10-12-14-16-18-20-21-22-23-24-26-27-29-31-33-35-43(47)52-40-41(39-51-38-37-42(45(49)50)46(3,4)5)53-44(48)36-34-32-30-28-25-19-17-15-13-11-9-7-2/h14-17,20-21,23-24,27,29,41-42H,6-13,18-19,22,25-26,28,30-40H2,1-5H3/p+1/b16-14+,17-15+,21-20+,24-23+,29-27+. The number of hydrogen-bond acceptors (Lipinski definition) is 6.